The van der Waals surface area contributed by atoms with Crippen LogP contribution in [0.1, 0.15) is 34.5 Å². The molecule has 0 aliphatic carbocycles. The number of rotatable bonds is 6. The molecule has 4 aromatic rings. The van der Waals surface area contributed by atoms with E-state index in [9.17, 15) is 9.59 Å². The van der Waals surface area contributed by atoms with Gasteiger partial charge in [-0.3, -0.25) is 14.5 Å². The molecule has 3 heterocycles. The molecule has 8 nitrogen and oxygen atoms in total. The molecule has 37 heavy (non-hydrogen) atoms. The largest absolute Gasteiger partial charge is 0.340 e. The van der Waals surface area contributed by atoms with Crippen molar-refractivity contribution < 1.29 is 9.59 Å². The van der Waals surface area contributed by atoms with Gasteiger partial charge in [0.25, 0.3) is 0 Å². The minimum Gasteiger partial charge on any atom is -0.340 e. The van der Waals surface area contributed by atoms with Crippen LogP contribution in [0.4, 0.5) is 5.69 Å². The van der Waals surface area contributed by atoms with Crippen molar-refractivity contribution >= 4 is 34.1 Å². The van der Waals surface area contributed by atoms with Gasteiger partial charge < -0.3 is 10.2 Å². The molecule has 192 valence electrons. The Morgan fingerprint density at radius 2 is 1.70 bits per heavy atom. The molecule has 0 bridgehead atoms. The van der Waals surface area contributed by atoms with Crippen LogP contribution in [-0.4, -0.2) is 68.9 Å². The monoisotopic (exact) mass is 498 g/mol. The highest BCUT2D eigenvalue weighted by Crippen LogP contribution is 2.23. The minimum atomic E-state index is -0.0198. The first-order valence-corrected chi connectivity index (χ1v) is 12.9. The van der Waals surface area contributed by atoms with Crippen molar-refractivity contribution in [2.75, 3.05) is 38.0 Å². The summed E-state index contributed by atoms with van der Waals surface area (Å²) in [4.78, 5) is 34.5. The first-order valence-electron chi connectivity index (χ1n) is 12.9. The molecule has 0 saturated carbocycles. The van der Waals surface area contributed by atoms with Crippen LogP contribution in [0.25, 0.3) is 16.6 Å². The molecule has 1 aliphatic rings. The third kappa shape index (κ3) is 5.06. The van der Waals surface area contributed by atoms with Gasteiger partial charge in [0.05, 0.1) is 12.1 Å². The summed E-state index contributed by atoms with van der Waals surface area (Å²) in [5.74, 6) is 0.123. The molecule has 1 aliphatic heterocycles. The molecule has 0 radical (unpaired) electrons. The quantitative estimate of drug-likeness (QED) is 0.437. The van der Waals surface area contributed by atoms with Crippen LogP contribution in [0.5, 0.6) is 0 Å². The fraction of sp³-hybridized carbons (Fsp3) is 0.379. The lowest BCUT2D eigenvalue weighted by atomic mass is 10.1. The van der Waals surface area contributed by atoms with E-state index < -0.39 is 0 Å². The van der Waals surface area contributed by atoms with Gasteiger partial charge >= 0.3 is 0 Å². The van der Waals surface area contributed by atoms with Crippen LogP contribution >= 0.6 is 0 Å². The Kier molecular flexibility index (Phi) is 6.93. The normalized spacial score (nSPS) is 14.4. The minimum absolute atomic E-state index is 0.0198. The predicted octanol–water partition coefficient (Wildman–Crippen LogP) is 3.83. The number of carbonyl (C=O) groups excluding carboxylic acids is 2. The van der Waals surface area contributed by atoms with Crippen LogP contribution < -0.4 is 5.32 Å². The zero-order valence-electron chi connectivity index (χ0n) is 22.0. The number of piperazine rings is 1. The molecular formula is C29H34N6O2. The Bertz CT molecular complexity index is 1480. The van der Waals surface area contributed by atoms with Crippen molar-refractivity contribution in [3.63, 3.8) is 0 Å². The van der Waals surface area contributed by atoms with Crippen molar-refractivity contribution in [2.24, 2.45) is 0 Å². The number of nitrogens with one attached hydrogen (secondary N) is 1. The number of aromatic nitrogens is 3. The Morgan fingerprint density at radius 3 is 2.49 bits per heavy atom. The zero-order chi connectivity index (χ0) is 26.1. The van der Waals surface area contributed by atoms with Crippen LogP contribution in [-0.2, 0) is 16.0 Å². The zero-order valence-corrected chi connectivity index (χ0v) is 22.0. The highest BCUT2D eigenvalue weighted by molar-refractivity contribution is 5.93. The SMILES string of the molecule is Cc1cccc(NC(=O)CN2CCN(C(=O)CCc3c(C)nc4c5ccccc5nn4c3C)CC2)c1C. The number of fused-ring (bicyclic) bond motifs is 3. The molecule has 2 amide bonds. The molecule has 8 heteroatoms. The number of amides is 2. The van der Waals surface area contributed by atoms with Gasteiger partial charge in [0.2, 0.25) is 11.8 Å². The Labute approximate surface area is 217 Å². The molecule has 0 atom stereocenters. The number of nitrogens with zero attached hydrogens (tertiary/aromatic N) is 5. The van der Waals surface area contributed by atoms with Gasteiger partial charge in [-0.15, -0.1) is 0 Å². The number of carbonyl (C=O) groups is 2. The second kappa shape index (κ2) is 10.3. The molecule has 1 fully saturated rings. The maximum absolute atomic E-state index is 13.0. The standard InChI is InChI=1S/C29H34N6O2/c1-19-8-7-11-25(20(19)2)31-27(36)18-33-14-16-34(17-15-33)28(37)13-12-23-21(3)30-29-24-9-5-6-10-26(24)32-35(29)22(23)4/h5-11H,12-18H2,1-4H3,(H,31,36). The van der Waals surface area contributed by atoms with Gasteiger partial charge in [-0.05, 0) is 69.0 Å². The van der Waals surface area contributed by atoms with Gasteiger partial charge in [0.15, 0.2) is 5.65 Å². The lowest BCUT2D eigenvalue weighted by molar-refractivity contribution is -0.133. The summed E-state index contributed by atoms with van der Waals surface area (Å²) in [6.45, 7) is 11.1. The smallest absolute Gasteiger partial charge is 0.238 e. The van der Waals surface area contributed by atoms with E-state index in [1.807, 2.05) is 72.7 Å². The van der Waals surface area contributed by atoms with E-state index >= 15 is 0 Å². The maximum Gasteiger partial charge on any atom is 0.238 e. The Hall–Kier alpha value is -3.78. The summed E-state index contributed by atoms with van der Waals surface area (Å²) in [5, 5.41) is 8.79. The topological polar surface area (TPSA) is 82.8 Å². The van der Waals surface area contributed by atoms with Crippen LogP contribution in [0, 0.1) is 27.7 Å². The van der Waals surface area contributed by atoms with Crippen LogP contribution in [0.3, 0.4) is 0 Å². The number of anilines is 1. The second-order valence-corrected chi connectivity index (χ2v) is 9.97. The molecule has 2 aromatic carbocycles. The molecule has 1 saturated heterocycles. The van der Waals surface area contributed by atoms with Crippen molar-refractivity contribution in [3.05, 3.63) is 70.5 Å². The van der Waals surface area contributed by atoms with E-state index in [1.54, 1.807) is 0 Å². The Morgan fingerprint density at radius 1 is 0.946 bits per heavy atom. The van der Waals surface area contributed by atoms with Gasteiger partial charge in [0, 0.05) is 55.1 Å². The first kappa shape index (κ1) is 24.9. The molecule has 1 N–H and O–H groups in total. The summed E-state index contributed by atoms with van der Waals surface area (Å²) < 4.78 is 1.90. The van der Waals surface area contributed by atoms with E-state index in [2.05, 4.69) is 17.1 Å². The van der Waals surface area contributed by atoms with Crippen LogP contribution in [0.15, 0.2) is 42.5 Å². The van der Waals surface area contributed by atoms with Gasteiger partial charge in [-0.1, -0.05) is 24.3 Å². The van der Waals surface area contributed by atoms with Gasteiger partial charge in [0.1, 0.15) is 0 Å². The van der Waals surface area contributed by atoms with Gasteiger partial charge in [-0.2, -0.15) is 5.10 Å². The highest BCUT2D eigenvalue weighted by atomic mass is 16.2. The third-order valence-corrected chi connectivity index (χ3v) is 7.58. The summed E-state index contributed by atoms with van der Waals surface area (Å²) in [5.41, 5.74) is 7.95. The molecule has 5 rings (SSSR count). The van der Waals surface area contributed by atoms with E-state index in [1.165, 1.54) is 0 Å². The number of benzene rings is 2. The highest BCUT2D eigenvalue weighted by Gasteiger charge is 2.23. The predicted molar refractivity (Wildman–Crippen MR) is 146 cm³/mol. The number of hydrogen-bond donors (Lipinski definition) is 1. The lowest BCUT2D eigenvalue weighted by Crippen LogP contribution is -2.50. The maximum atomic E-state index is 13.0. The molecule has 0 spiro atoms. The third-order valence-electron chi connectivity index (χ3n) is 7.58. The van der Waals surface area contributed by atoms with E-state index in [0.29, 0.717) is 45.6 Å². The van der Waals surface area contributed by atoms with Gasteiger partial charge in [-0.25, -0.2) is 9.50 Å². The number of aryl methyl sites for hydroxylation is 3. The molecular weight excluding hydrogens is 464 g/mol. The molecule has 2 aromatic heterocycles. The summed E-state index contributed by atoms with van der Waals surface area (Å²) >= 11 is 0. The fourth-order valence-corrected chi connectivity index (χ4v) is 5.16. The van der Waals surface area contributed by atoms with E-state index in [-0.39, 0.29) is 11.8 Å². The van der Waals surface area contributed by atoms with Crippen molar-refractivity contribution in [1.82, 2.24) is 24.4 Å². The summed E-state index contributed by atoms with van der Waals surface area (Å²) in [6.07, 6.45) is 1.07. The average Bonchev–Trinajstić information content (AvgIpc) is 3.26. The van der Waals surface area contributed by atoms with E-state index in [0.717, 1.165) is 50.3 Å². The second-order valence-electron chi connectivity index (χ2n) is 9.97. The van der Waals surface area contributed by atoms with Crippen molar-refractivity contribution in [3.8, 4) is 0 Å². The van der Waals surface area contributed by atoms with Crippen molar-refractivity contribution in [2.45, 2.75) is 40.5 Å². The Balaban J connectivity index is 1.15. The van der Waals surface area contributed by atoms with Crippen LogP contribution in [0.2, 0.25) is 0 Å². The lowest BCUT2D eigenvalue weighted by Gasteiger charge is -2.34. The summed E-state index contributed by atoms with van der Waals surface area (Å²) in [7, 11) is 0. The average molecular weight is 499 g/mol. The van der Waals surface area contributed by atoms with E-state index in [4.69, 9.17) is 10.1 Å². The fourth-order valence-electron chi connectivity index (χ4n) is 5.16. The van der Waals surface area contributed by atoms with Crippen molar-refractivity contribution in [1.29, 1.82) is 0 Å². The number of hydrogen-bond acceptors (Lipinski definition) is 5. The molecule has 0 unspecified atom stereocenters. The summed E-state index contributed by atoms with van der Waals surface area (Å²) in [6, 6.07) is 13.9. The first-order chi connectivity index (χ1) is 17.8.